The maximum atomic E-state index is 13.9. The third-order valence-corrected chi connectivity index (χ3v) is 7.55. The summed E-state index contributed by atoms with van der Waals surface area (Å²) in [6.07, 6.45) is -1.45. The van der Waals surface area contributed by atoms with Gasteiger partial charge in [0, 0.05) is 35.2 Å². The highest BCUT2D eigenvalue weighted by molar-refractivity contribution is 6.07. The van der Waals surface area contributed by atoms with E-state index in [-0.39, 0.29) is 18.0 Å². The summed E-state index contributed by atoms with van der Waals surface area (Å²) in [5, 5.41) is 5.92. The Kier molecular flexibility index (Phi) is 6.48. The van der Waals surface area contributed by atoms with Crippen LogP contribution in [0, 0.1) is 6.92 Å². The zero-order valence-corrected chi connectivity index (χ0v) is 22.1. The maximum Gasteiger partial charge on any atom is 0.416 e. The monoisotopic (exact) mass is 557 g/mol. The molecule has 0 atom stereocenters. The minimum Gasteiger partial charge on any atom is -0.350 e. The van der Waals surface area contributed by atoms with Crippen LogP contribution in [0.2, 0.25) is 0 Å². The van der Waals surface area contributed by atoms with Gasteiger partial charge in [-0.15, -0.1) is 0 Å². The molecule has 4 aromatic rings. The molecule has 1 fully saturated rings. The number of hydrogen-bond acceptors (Lipinski definition) is 5. The Morgan fingerprint density at radius 3 is 2.54 bits per heavy atom. The molecule has 0 radical (unpaired) electrons. The van der Waals surface area contributed by atoms with E-state index in [0.29, 0.717) is 36.7 Å². The standard InChI is InChI=1S/C31H26F3N5O2/c1-19-10-11-24(37-27(40)21-8-5-9-23(14-21)31(32,33)34)15-25(19)39-18-22-17-36-29(35-16-20-6-3-2-4-7-20)38-26(22)30(12-13-30)28(39)41/h2-11,14-15,17H,12-13,16,18H2,1H3,(H,37,40)(H,35,36,38). The molecule has 0 bridgehead atoms. The number of anilines is 3. The molecule has 41 heavy (non-hydrogen) atoms. The van der Waals surface area contributed by atoms with Crippen molar-refractivity contribution in [3.8, 4) is 0 Å². The smallest absolute Gasteiger partial charge is 0.350 e. The Hall–Kier alpha value is -4.73. The number of halogens is 3. The lowest BCUT2D eigenvalue weighted by Crippen LogP contribution is -2.45. The summed E-state index contributed by atoms with van der Waals surface area (Å²) >= 11 is 0. The van der Waals surface area contributed by atoms with Gasteiger partial charge in [0.2, 0.25) is 11.9 Å². The highest BCUT2D eigenvalue weighted by Gasteiger charge is 2.58. The molecule has 1 aliphatic carbocycles. The molecular formula is C31H26F3N5O2. The van der Waals surface area contributed by atoms with Gasteiger partial charge in [-0.25, -0.2) is 9.97 Å². The molecule has 6 rings (SSSR count). The van der Waals surface area contributed by atoms with E-state index in [0.717, 1.165) is 34.5 Å². The van der Waals surface area contributed by atoms with Crippen molar-refractivity contribution in [3.63, 3.8) is 0 Å². The van der Waals surface area contributed by atoms with Gasteiger partial charge in [-0.3, -0.25) is 9.59 Å². The van der Waals surface area contributed by atoms with Crippen molar-refractivity contribution in [1.29, 1.82) is 0 Å². The van der Waals surface area contributed by atoms with Crippen LogP contribution in [0.25, 0.3) is 0 Å². The molecule has 7 nitrogen and oxygen atoms in total. The Morgan fingerprint density at radius 2 is 1.80 bits per heavy atom. The molecule has 1 aliphatic heterocycles. The maximum absolute atomic E-state index is 13.9. The summed E-state index contributed by atoms with van der Waals surface area (Å²) in [5.41, 5.74) is 2.75. The van der Waals surface area contributed by atoms with E-state index in [4.69, 9.17) is 4.98 Å². The number of carbonyl (C=O) groups excluding carboxylic acids is 2. The lowest BCUT2D eigenvalue weighted by atomic mass is 9.91. The lowest BCUT2D eigenvalue weighted by Gasteiger charge is -2.34. The number of hydrogen-bond donors (Lipinski definition) is 2. The number of alkyl halides is 3. The molecule has 0 saturated heterocycles. The van der Waals surface area contributed by atoms with Crippen LogP contribution in [0.1, 0.15) is 51.1 Å². The third-order valence-electron chi connectivity index (χ3n) is 7.55. The number of nitrogens with zero attached hydrogens (tertiary/aromatic N) is 3. The summed E-state index contributed by atoms with van der Waals surface area (Å²) in [6, 6.07) is 19.3. The molecule has 1 spiro atoms. The average molecular weight is 558 g/mol. The van der Waals surface area contributed by atoms with Gasteiger partial charge in [-0.1, -0.05) is 42.5 Å². The Bertz CT molecular complexity index is 1650. The second-order valence-electron chi connectivity index (χ2n) is 10.4. The fourth-order valence-electron chi connectivity index (χ4n) is 5.19. The molecule has 1 aromatic heterocycles. The van der Waals surface area contributed by atoms with Crippen LogP contribution < -0.4 is 15.5 Å². The first kappa shape index (κ1) is 26.5. The van der Waals surface area contributed by atoms with Crippen LogP contribution in [0.5, 0.6) is 0 Å². The van der Waals surface area contributed by atoms with E-state index < -0.39 is 23.1 Å². The summed E-state index contributed by atoms with van der Waals surface area (Å²) in [4.78, 5) is 37.6. The fraction of sp³-hybridized carbons (Fsp3) is 0.226. The number of rotatable bonds is 6. The van der Waals surface area contributed by atoms with Crippen molar-refractivity contribution in [2.24, 2.45) is 0 Å². The Balaban J connectivity index is 1.24. The van der Waals surface area contributed by atoms with Gasteiger partial charge in [0.05, 0.1) is 23.2 Å². The summed E-state index contributed by atoms with van der Waals surface area (Å²) in [6.45, 7) is 2.69. The van der Waals surface area contributed by atoms with Crippen LogP contribution in [0.4, 0.5) is 30.5 Å². The van der Waals surface area contributed by atoms with Gasteiger partial charge in [-0.2, -0.15) is 13.2 Å². The van der Waals surface area contributed by atoms with E-state index >= 15 is 0 Å². The molecule has 2 heterocycles. The highest BCUT2D eigenvalue weighted by atomic mass is 19.4. The molecule has 208 valence electrons. The van der Waals surface area contributed by atoms with Gasteiger partial charge >= 0.3 is 6.18 Å². The van der Waals surface area contributed by atoms with Crippen molar-refractivity contribution in [3.05, 3.63) is 113 Å². The fourth-order valence-corrected chi connectivity index (χ4v) is 5.19. The molecule has 2 N–H and O–H groups in total. The second kappa shape index (κ2) is 10.0. The summed E-state index contributed by atoms with van der Waals surface area (Å²) < 4.78 is 39.4. The van der Waals surface area contributed by atoms with Crippen LogP contribution in [0.3, 0.4) is 0 Å². The Labute approximate surface area is 234 Å². The van der Waals surface area contributed by atoms with E-state index in [1.165, 1.54) is 12.1 Å². The molecule has 1 saturated carbocycles. The molecule has 10 heteroatoms. The summed E-state index contributed by atoms with van der Waals surface area (Å²) in [5.74, 6) is -0.276. The first-order valence-electron chi connectivity index (χ1n) is 13.2. The zero-order valence-electron chi connectivity index (χ0n) is 22.1. The van der Waals surface area contributed by atoms with Gasteiger partial charge < -0.3 is 15.5 Å². The molecule has 3 aromatic carbocycles. The number of carbonyl (C=O) groups is 2. The van der Waals surface area contributed by atoms with Gasteiger partial charge in [0.1, 0.15) is 0 Å². The predicted octanol–water partition coefficient (Wildman–Crippen LogP) is 6.25. The van der Waals surface area contributed by atoms with Gasteiger partial charge in [0.25, 0.3) is 5.91 Å². The van der Waals surface area contributed by atoms with E-state index in [9.17, 15) is 22.8 Å². The molecule has 2 amide bonds. The first-order chi connectivity index (χ1) is 19.6. The van der Waals surface area contributed by atoms with Crippen molar-refractivity contribution >= 4 is 29.1 Å². The highest BCUT2D eigenvalue weighted by Crippen LogP contribution is 2.53. The van der Waals surface area contributed by atoms with Crippen molar-refractivity contribution in [2.45, 2.75) is 44.4 Å². The Morgan fingerprint density at radius 1 is 1.02 bits per heavy atom. The number of fused-ring (bicyclic) bond motifs is 2. The SMILES string of the molecule is Cc1ccc(NC(=O)c2cccc(C(F)(F)F)c2)cc1N1Cc2cnc(NCc3ccccc3)nc2C2(CC2)C1=O. The van der Waals surface area contributed by atoms with Crippen molar-refractivity contribution < 1.29 is 22.8 Å². The van der Waals surface area contributed by atoms with Gasteiger partial charge in [-0.05, 0) is 61.2 Å². The quantitative estimate of drug-likeness (QED) is 0.293. The van der Waals surface area contributed by atoms with Crippen LogP contribution >= 0.6 is 0 Å². The zero-order chi connectivity index (χ0) is 28.8. The average Bonchev–Trinajstić information content (AvgIpc) is 3.77. The third kappa shape index (κ3) is 5.13. The lowest BCUT2D eigenvalue weighted by molar-refractivity contribution is -0.137. The van der Waals surface area contributed by atoms with Crippen molar-refractivity contribution in [1.82, 2.24) is 9.97 Å². The van der Waals surface area contributed by atoms with Gasteiger partial charge in [0.15, 0.2) is 0 Å². The molecular weight excluding hydrogens is 531 g/mol. The number of aryl methyl sites for hydroxylation is 1. The summed E-state index contributed by atoms with van der Waals surface area (Å²) in [7, 11) is 0. The minimum atomic E-state index is -4.56. The second-order valence-corrected chi connectivity index (χ2v) is 10.4. The van der Waals surface area contributed by atoms with E-state index in [1.54, 1.807) is 29.3 Å². The number of benzene rings is 3. The van der Waals surface area contributed by atoms with E-state index in [2.05, 4.69) is 15.6 Å². The normalized spacial score (nSPS) is 15.4. The van der Waals surface area contributed by atoms with E-state index in [1.807, 2.05) is 37.3 Å². The molecule has 2 aliphatic rings. The number of amides is 2. The first-order valence-corrected chi connectivity index (χ1v) is 13.2. The minimum absolute atomic E-state index is 0.0674. The van der Waals surface area contributed by atoms with Crippen molar-refractivity contribution in [2.75, 3.05) is 15.5 Å². The number of nitrogens with one attached hydrogen (secondary N) is 2. The molecule has 0 unspecified atom stereocenters. The topological polar surface area (TPSA) is 87.2 Å². The number of aromatic nitrogens is 2. The largest absolute Gasteiger partial charge is 0.416 e. The van der Waals surface area contributed by atoms with Crippen LogP contribution in [-0.4, -0.2) is 21.8 Å². The predicted molar refractivity (Wildman–Crippen MR) is 148 cm³/mol. The van der Waals surface area contributed by atoms with Crippen LogP contribution in [-0.2, 0) is 29.5 Å². The van der Waals surface area contributed by atoms with Crippen LogP contribution in [0.15, 0.2) is 79.0 Å².